The van der Waals surface area contributed by atoms with Crippen LogP contribution in [0, 0.1) is 0 Å². The number of fused-ring (bicyclic) bond motifs is 1. The lowest BCUT2D eigenvalue weighted by Crippen LogP contribution is -2.36. The van der Waals surface area contributed by atoms with Crippen LogP contribution in [0.4, 0.5) is 10.5 Å². The van der Waals surface area contributed by atoms with E-state index in [0.717, 1.165) is 43.4 Å². The molecule has 1 atom stereocenters. The number of carbonyl (C=O) groups excluding carboxylic acids is 1. The highest BCUT2D eigenvalue weighted by Gasteiger charge is 2.12. The number of hydrogen-bond donors (Lipinski definition) is 5. The molecule has 1 aromatic heterocycles. The van der Waals surface area contributed by atoms with Crippen molar-refractivity contribution in [1.82, 2.24) is 15.2 Å². The molecule has 0 bridgehead atoms. The number of nitrogens with one attached hydrogen (secondary N) is 2. The van der Waals surface area contributed by atoms with Gasteiger partial charge in [-0.05, 0) is 51.5 Å². The lowest BCUT2D eigenvalue weighted by molar-refractivity contribution is 0.247. The van der Waals surface area contributed by atoms with Crippen molar-refractivity contribution in [3.63, 3.8) is 0 Å². The van der Waals surface area contributed by atoms with Gasteiger partial charge in [0.25, 0.3) is 0 Å². The number of benzene rings is 1. The van der Waals surface area contributed by atoms with Gasteiger partial charge in [-0.1, -0.05) is 19.9 Å². The van der Waals surface area contributed by atoms with Crippen LogP contribution in [0.2, 0.25) is 0 Å². The second kappa shape index (κ2) is 13.2. The number of pyridine rings is 1. The summed E-state index contributed by atoms with van der Waals surface area (Å²) in [6.07, 6.45) is 3.72. The molecule has 174 valence electrons. The van der Waals surface area contributed by atoms with Crippen LogP contribution in [0.25, 0.3) is 10.9 Å². The van der Waals surface area contributed by atoms with Gasteiger partial charge in [0.2, 0.25) is 0 Å². The van der Waals surface area contributed by atoms with Gasteiger partial charge < -0.3 is 35.0 Å². The van der Waals surface area contributed by atoms with Crippen LogP contribution in [0.15, 0.2) is 30.5 Å². The largest absolute Gasteiger partial charge is 0.497 e. The summed E-state index contributed by atoms with van der Waals surface area (Å²) in [5.41, 5.74) is 1.39. The monoisotopic (exact) mass is 456 g/mol. The summed E-state index contributed by atoms with van der Waals surface area (Å²) in [4.78, 5) is 40.7. The SMILES string of the molecule is CCN(CC)CCCC(C)NC(=O)Nc1cc(OC)cc2cccnc12.O=P(O)(O)O. The predicted molar refractivity (Wildman–Crippen MR) is 121 cm³/mol. The molecule has 0 spiro atoms. The number of carbonyl (C=O) groups is 1. The second-order valence-electron chi connectivity index (χ2n) is 6.93. The Hall–Kier alpha value is -2.23. The van der Waals surface area contributed by atoms with Crippen LogP contribution in [0.1, 0.15) is 33.6 Å². The number of methoxy groups -OCH3 is 1. The summed E-state index contributed by atoms with van der Waals surface area (Å²) in [6, 6.07) is 7.39. The van der Waals surface area contributed by atoms with E-state index < -0.39 is 7.82 Å². The molecule has 0 saturated heterocycles. The third kappa shape index (κ3) is 11.1. The van der Waals surface area contributed by atoms with Crippen molar-refractivity contribution in [2.75, 3.05) is 32.1 Å². The zero-order chi connectivity index (χ0) is 23.4. The van der Waals surface area contributed by atoms with Gasteiger partial charge in [-0.2, -0.15) is 0 Å². The zero-order valence-electron chi connectivity index (χ0n) is 18.4. The molecule has 2 aromatic rings. The molecule has 0 aliphatic rings. The fraction of sp³-hybridized carbons (Fsp3) is 0.500. The first-order valence-corrected chi connectivity index (χ1v) is 11.6. The third-order valence-corrected chi connectivity index (χ3v) is 4.55. The molecule has 5 N–H and O–H groups in total. The molecular weight excluding hydrogens is 423 g/mol. The van der Waals surface area contributed by atoms with Crippen molar-refractivity contribution in [3.8, 4) is 5.75 Å². The van der Waals surface area contributed by atoms with Gasteiger partial charge >= 0.3 is 13.9 Å². The number of phosphoric acid groups is 1. The van der Waals surface area contributed by atoms with Crippen LogP contribution in [0.5, 0.6) is 5.75 Å². The minimum absolute atomic E-state index is 0.107. The van der Waals surface area contributed by atoms with Crippen molar-refractivity contribution >= 4 is 30.4 Å². The van der Waals surface area contributed by atoms with E-state index in [0.29, 0.717) is 11.4 Å². The van der Waals surface area contributed by atoms with E-state index in [4.69, 9.17) is 24.0 Å². The molecule has 0 aliphatic carbocycles. The van der Waals surface area contributed by atoms with Crippen LogP contribution in [-0.4, -0.2) is 63.4 Å². The molecule has 2 amide bonds. The number of anilines is 1. The molecule has 1 heterocycles. The van der Waals surface area contributed by atoms with E-state index in [1.807, 2.05) is 25.1 Å². The van der Waals surface area contributed by atoms with Crippen LogP contribution < -0.4 is 15.4 Å². The Kier molecular flexibility index (Phi) is 11.4. The quantitative estimate of drug-likeness (QED) is 0.362. The normalized spacial score (nSPS) is 12.1. The molecular formula is C20H33N4O6P. The Morgan fingerprint density at radius 3 is 2.48 bits per heavy atom. The molecule has 2 rings (SSSR count). The average molecular weight is 456 g/mol. The fourth-order valence-corrected chi connectivity index (χ4v) is 2.99. The first-order valence-electron chi connectivity index (χ1n) is 10.1. The van der Waals surface area contributed by atoms with Crippen LogP contribution >= 0.6 is 7.82 Å². The predicted octanol–water partition coefficient (Wildman–Crippen LogP) is 2.95. The van der Waals surface area contributed by atoms with Crippen LogP contribution in [0.3, 0.4) is 0 Å². The van der Waals surface area contributed by atoms with E-state index in [1.165, 1.54) is 0 Å². The summed E-state index contributed by atoms with van der Waals surface area (Å²) in [7, 11) is -3.03. The first-order chi connectivity index (χ1) is 14.6. The number of aromatic nitrogens is 1. The van der Waals surface area contributed by atoms with Crippen molar-refractivity contribution < 1.29 is 28.8 Å². The van der Waals surface area contributed by atoms with Gasteiger partial charge in [-0.25, -0.2) is 9.36 Å². The number of urea groups is 1. The molecule has 0 saturated carbocycles. The minimum Gasteiger partial charge on any atom is -0.497 e. The highest BCUT2D eigenvalue weighted by molar-refractivity contribution is 7.45. The van der Waals surface area contributed by atoms with Gasteiger partial charge in [0.15, 0.2) is 0 Å². The maximum atomic E-state index is 12.4. The summed E-state index contributed by atoms with van der Waals surface area (Å²) >= 11 is 0. The highest BCUT2D eigenvalue weighted by Crippen LogP contribution is 2.27. The number of ether oxygens (including phenoxy) is 1. The van der Waals surface area contributed by atoms with Crippen molar-refractivity contribution in [1.29, 1.82) is 0 Å². The van der Waals surface area contributed by atoms with E-state index in [2.05, 4.69) is 34.4 Å². The van der Waals surface area contributed by atoms with Gasteiger partial charge in [0.1, 0.15) is 5.75 Å². The number of nitrogens with zero attached hydrogens (tertiary/aromatic N) is 2. The van der Waals surface area contributed by atoms with Crippen molar-refractivity contribution in [2.24, 2.45) is 0 Å². The number of hydrogen-bond acceptors (Lipinski definition) is 5. The maximum absolute atomic E-state index is 12.4. The Labute approximate surface area is 182 Å². The van der Waals surface area contributed by atoms with E-state index in [1.54, 1.807) is 19.4 Å². The molecule has 1 unspecified atom stereocenters. The van der Waals surface area contributed by atoms with Gasteiger partial charge in [0.05, 0.1) is 18.3 Å². The van der Waals surface area contributed by atoms with Crippen LogP contribution in [-0.2, 0) is 4.57 Å². The van der Waals surface area contributed by atoms with Crippen molar-refractivity contribution in [2.45, 2.75) is 39.7 Å². The molecule has 1 aromatic carbocycles. The lowest BCUT2D eigenvalue weighted by atomic mass is 10.1. The van der Waals surface area contributed by atoms with E-state index in [-0.39, 0.29) is 12.1 Å². The smallest absolute Gasteiger partial charge is 0.466 e. The topological polar surface area (TPSA) is 144 Å². The molecule has 11 heteroatoms. The summed E-state index contributed by atoms with van der Waals surface area (Å²) < 4.78 is 14.2. The molecule has 31 heavy (non-hydrogen) atoms. The number of rotatable bonds is 9. The summed E-state index contributed by atoms with van der Waals surface area (Å²) in [6.45, 7) is 9.56. The van der Waals surface area contributed by atoms with Gasteiger partial charge in [0, 0.05) is 23.7 Å². The first kappa shape index (κ1) is 26.8. The minimum atomic E-state index is -4.64. The third-order valence-electron chi connectivity index (χ3n) is 4.55. The average Bonchev–Trinajstić information content (AvgIpc) is 2.69. The van der Waals surface area contributed by atoms with E-state index >= 15 is 0 Å². The Balaban J connectivity index is 0.000000861. The second-order valence-corrected chi connectivity index (χ2v) is 7.96. The highest BCUT2D eigenvalue weighted by atomic mass is 31.2. The maximum Gasteiger partial charge on any atom is 0.466 e. The standard InChI is InChI=1S/C20H30N4O2.H3O4P/c1-5-24(6-2)12-8-9-15(3)22-20(25)23-18-14-17(26-4)13-16-10-7-11-21-19(16)18;1-5(2,3)4/h7,10-11,13-15H,5-6,8-9,12H2,1-4H3,(H2,22,23,25);(H3,1,2,3,4). The summed E-state index contributed by atoms with van der Waals surface area (Å²) in [5, 5.41) is 6.84. The molecule has 0 fully saturated rings. The Morgan fingerprint density at radius 2 is 1.90 bits per heavy atom. The van der Waals surface area contributed by atoms with Gasteiger partial charge in [-0.3, -0.25) is 4.98 Å². The Bertz CT molecular complexity index is 864. The van der Waals surface area contributed by atoms with Crippen molar-refractivity contribution in [3.05, 3.63) is 30.5 Å². The Morgan fingerprint density at radius 1 is 1.26 bits per heavy atom. The fourth-order valence-electron chi connectivity index (χ4n) is 2.99. The number of amides is 2. The molecule has 10 nitrogen and oxygen atoms in total. The molecule has 0 radical (unpaired) electrons. The molecule has 0 aliphatic heterocycles. The zero-order valence-corrected chi connectivity index (χ0v) is 19.3. The summed E-state index contributed by atoms with van der Waals surface area (Å²) in [5.74, 6) is 0.688. The van der Waals surface area contributed by atoms with Gasteiger partial charge in [-0.15, -0.1) is 0 Å². The van der Waals surface area contributed by atoms with E-state index in [9.17, 15) is 4.79 Å². The lowest BCUT2D eigenvalue weighted by Gasteiger charge is -2.20.